The van der Waals surface area contributed by atoms with Crippen molar-refractivity contribution in [2.75, 3.05) is 5.73 Å². The van der Waals surface area contributed by atoms with Gasteiger partial charge in [0.25, 0.3) is 11.1 Å². The molecule has 6 nitrogen and oxygen atoms in total. The third-order valence-corrected chi connectivity index (χ3v) is 5.73. The summed E-state index contributed by atoms with van der Waals surface area (Å²) in [4.78, 5) is 15.8. The highest BCUT2D eigenvalue weighted by molar-refractivity contribution is 6.67. The van der Waals surface area contributed by atoms with Crippen LogP contribution in [0, 0.1) is 0 Å². The highest BCUT2D eigenvalue weighted by Gasteiger charge is 2.36. The molecular weight excluding hydrogens is 480 g/mol. The Hall–Kier alpha value is -3.04. The van der Waals surface area contributed by atoms with Crippen LogP contribution in [-0.2, 0) is 19.1 Å². The van der Waals surface area contributed by atoms with Crippen LogP contribution in [0.15, 0.2) is 40.9 Å². The molecule has 0 unspecified atom stereocenters. The lowest BCUT2D eigenvalue weighted by Crippen LogP contribution is -2.10. The molecule has 0 bridgehead atoms. The number of nitrogens with two attached hydrogens (primary N) is 1. The van der Waals surface area contributed by atoms with Gasteiger partial charge in [-0.2, -0.15) is 18.2 Å². The Balaban J connectivity index is 1.78. The Morgan fingerprint density at radius 2 is 1.97 bits per heavy atom. The van der Waals surface area contributed by atoms with Gasteiger partial charge in [-0.1, -0.05) is 30.1 Å². The zero-order valence-electron chi connectivity index (χ0n) is 17.2. The molecule has 0 aliphatic rings. The molecule has 33 heavy (non-hydrogen) atoms. The van der Waals surface area contributed by atoms with Gasteiger partial charge in [-0.15, -0.1) is 0 Å². The van der Waals surface area contributed by atoms with Gasteiger partial charge in [0.2, 0.25) is 0 Å². The van der Waals surface area contributed by atoms with Crippen LogP contribution in [0.1, 0.15) is 40.8 Å². The van der Waals surface area contributed by atoms with Gasteiger partial charge < -0.3 is 14.8 Å². The lowest BCUT2D eigenvalue weighted by Gasteiger charge is -2.12. The Morgan fingerprint density at radius 3 is 2.64 bits per heavy atom. The fraction of sp³-hybridized carbons (Fsp3) is 0.227. The van der Waals surface area contributed by atoms with Crippen molar-refractivity contribution in [2.45, 2.75) is 32.5 Å². The third-order valence-electron chi connectivity index (χ3n) is 5.18. The molecule has 172 valence electrons. The molecule has 0 radical (unpaired) electrons. The van der Waals surface area contributed by atoms with Crippen molar-refractivity contribution in [3.05, 3.63) is 64.1 Å². The molecule has 0 aliphatic carbocycles. The van der Waals surface area contributed by atoms with Crippen molar-refractivity contribution in [1.29, 1.82) is 0 Å². The molecular formula is C22H17Cl2F3N4O2. The molecule has 2 aromatic carbocycles. The fourth-order valence-corrected chi connectivity index (χ4v) is 4.07. The Bertz CT molecular complexity index is 1360. The quantitative estimate of drug-likeness (QED) is 0.249. The monoisotopic (exact) mass is 496 g/mol. The summed E-state index contributed by atoms with van der Waals surface area (Å²) < 4.78 is 48.0. The maximum absolute atomic E-state index is 13.7. The number of nitrogen functional groups attached to an aromatic ring is 1. The van der Waals surface area contributed by atoms with Crippen molar-refractivity contribution >= 4 is 45.0 Å². The number of aromatic nitrogens is 3. The average Bonchev–Trinajstić information content (AvgIpc) is 3.32. The van der Waals surface area contributed by atoms with Crippen molar-refractivity contribution in [2.24, 2.45) is 0 Å². The average molecular weight is 497 g/mol. The predicted molar refractivity (Wildman–Crippen MR) is 119 cm³/mol. The molecule has 0 fully saturated rings. The Kier molecular flexibility index (Phi) is 6.11. The minimum atomic E-state index is -4.60. The van der Waals surface area contributed by atoms with E-state index in [0.717, 1.165) is 6.42 Å². The van der Waals surface area contributed by atoms with E-state index in [9.17, 15) is 18.0 Å². The molecule has 0 saturated carbocycles. The van der Waals surface area contributed by atoms with E-state index in [4.69, 9.17) is 33.5 Å². The summed E-state index contributed by atoms with van der Waals surface area (Å²) in [5.74, 6) is 0.285. The normalized spacial score (nSPS) is 11.9. The number of carbonyl (C=O) groups excluding carboxylic acids is 1. The molecule has 2 aromatic heterocycles. The second-order valence-corrected chi connectivity index (χ2v) is 8.17. The van der Waals surface area contributed by atoms with Crippen LogP contribution in [0.4, 0.5) is 18.9 Å². The molecule has 2 heterocycles. The summed E-state index contributed by atoms with van der Waals surface area (Å²) in [6.45, 7) is 2.00. The number of rotatable bonds is 6. The first kappa shape index (κ1) is 23.1. The predicted octanol–water partition coefficient (Wildman–Crippen LogP) is 6.33. The van der Waals surface area contributed by atoms with Crippen molar-refractivity contribution in [1.82, 2.24) is 14.7 Å². The molecule has 0 saturated heterocycles. The molecule has 0 aliphatic heterocycles. The summed E-state index contributed by atoms with van der Waals surface area (Å²) in [7, 11) is 0. The summed E-state index contributed by atoms with van der Waals surface area (Å²) in [5, 5.41) is 3.57. The summed E-state index contributed by atoms with van der Waals surface area (Å²) >= 11 is 11.7. The number of aryl methyl sites for hydroxylation is 1. The van der Waals surface area contributed by atoms with E-state index in [1.165, 1.54) is 30.3 Å². The SMILES string of the molecule is CCCc1cc2c(C(F)(F)F)c(N)ccc2n1Cc1noc(-c2cc(C(=O)Cl)ccc2Cl)n1. The fourth-order valence-electron chi connectivity index (χ4n) is 3.75. The zero-order chi connectivity index (χ0) is 23.9. The van der Waals surface area contributed by atoms with E-state index >= 15 is 0 Å². The number of nitrogens with zero attached hydrogens (tertiary/aromatic N) is 3. The van der Waals surface area contributed by atoms with E-state index in [0.29, 0.717) is 23.2 Å². The molecule has 4 aromatic rings. The van der Waals surface area contributed by atoms with Gasteiger partial charge in [-0.25, -0.2) is 0 Å². The van der Waals surface area contributed by atoms with Crippen LogP contribution in [0.25, 0.3) is 22.4 Å². The molecule has 11 heteroatoms. The van der Waals surface area contributed by atoms with Gasteiger partial charge in [0, 0.05) is 27.8 Å². The molecule has 4 rings (SSSR count). The van der Waals surface area contributed by atoms with Crippen LogP contribution in [0.5, 0.6) is 0 Å². The third kappa shape index (κ3) is 4.43. The van der Waals surface area contributed by atoms with Crippen LogP contribution >= 0.6 is 23.2 Å². The molecule has 0 amide bonds. The highest BCUT2D eigenvalue weighted by atomic mass is 35.5. The van der Waals surface area contributed by atoms with E-state index in [1.54, 1.807) is 10.6 Å². The number of benzene rings is 2. The molecule has 2 N–H and O–H groups in total. The number of fused-ring (bicyclic) bond motifs is 1. The maximum Gasteiger partial charge on any atom is 0.419 e. The number of alkyl halides is 3. The van der Waals surface area contributed by atoms with Crippen LogP contribution < -0.4 is 5.73 Å². The van der Waals surface area contributed by atoms with Gasteiger partial charge in [-0.3, -0.25) is 4.79 Å². The van der Waals surface area contributed by atoms with Gasteiger partial charge in [0.15, 0.2) is 5.82 Å². The van der Waals surface area contributed by atoms with E-state index in [1.807, 2.05) is 6.92 Å². The van der Waals surface area contributed by atoms with Crippen molar-refractivity contribution in [3.8, 4) is 11.5 Å². The first-order chi connectivity index (χ1) is 15.6. The molecule has 0 spiro atoms. The van der Waals surface area contributed by atoms with Gasteiger partial charge >= 0.3 is 6.18 Å². The summed E-state index contributed by atoms with van der Waals surface area (Å²) in [6, 6.07) is 8.68. The van der Waals surface area contributed by atoms with Gasteiger partial charge in [-0.05, 0) is 54.4 Å². The minimum Gasteiger partial charge on any atom is -0.398 e. The van der Waals surface area contributed by atoms with E-state index in [2.05, 4.69) is 10.1 Å². The summed E-state index contributed by atoms with van der Waals surface area (Å²) in [5.41, 5.74) is 6.03. The second-order valence-electron chi connectivity index (χ2n) is 7.42. The largest absolute Gasteiger partial charge is 0.419 e. The Morgan fingerprint density at radius 1 is 1.21 bits per heavy atom. The van der Waals surface area contributed by atoms with Crippen molar-refractivity contribution < 1.29 is 22.5 Å². The van der Waals surface area contributed by atoms with E-state index in [-0.39, 0.29) is 39.9 Å². The lowest BCUT2D eigenvalue weighted by molar-refractivity contribution is -0.135. The summed E-state index contributed by atoms with van der Waals surface area (Å²) in [6.07, 6.45) is -3.33. The number of hydrogen-bond acceptors (Lipinski definition) is 5. The number of carbonyl (C=O) groups is 1. The molecule has 0 atom stereocenters. The highest BCUT2D eigenvalue weighted by Crippen LogP contribution is 2.40. The second kappa shape index (κ2) is 8.72. The van der Waals surface area contributed by atoms with Gasteiger partial charge in [0.05, 0.1) is 22.7 Å². The first-order valence-electron chi connectivity index (χ1n) is 9.90. The zero-order valence-corrected chi connectivity index (χ0v) is 18.7. The number of halogens is 5. The smallest absolute Gasteiger partial charge is 0.398 e. The van der Waals surface area contributed by atoms with Crippen molar-refractivity contribution in [3.63, 3.8) is 0 Å². The number of anilines is 1. The first-order valence-corrected chi connectivity index (χ1v) is 10.7. The Labute approximate surface area is 196 Å². The number of hydrogen-bond donors (Lipinski definition) is 1. The van der Waals surface area contributed by atoms with E-state index < -0.39 is 17.0 Å². The topological polar surface area (TPSA) is 86.9 Å². The minimum absolute atomic E-state index is 0.0195. The maximum atomic E-state index is 13.7. The van der Waals surface area contributed by atoms with Crippen LogP contribution in [-0.4, -0.2) is 20.0 Å². The van der Waals surface area contributed by atoms with Crippen LogP contribution in [0.2, 0.25) is 5.02 Å². The van der Waals surface area contributed by atoms with Gasteiger partial charge in [0.1, 0.15) is 0 Å². The standard InChI is InChI=1S/C22H17Cl2F3N4O2/c1-2-3-12-9-14-17(7-6-16(28)19(14)22(25,26)27)31(12)10-18-29-21(33-30-18)13-8-11(20(24)32)4-5-15(13)23/h4-9H,2-3,10,28H2,1H3. The lowest BCUT2D eigenvalue weighted by atomic mass is 10.1. The van der Waals surface area contributed by atoms with Crippen LogP contribution in [0.3, 0.4) is 0 Å².